The molecule has 5 rings (SSSR count). The highest BCUT2D eigenvalue weighted by Gasteiger charge is 2.52. The number of nitrogens with one attached hydrogen (secondary N) is 2. The van der Waals surface area contributed by atoms with E-state index in [0.29, 0.717) is 38.5 Å². The van der Waals surface area contributed by atoms with Crippen molar-refractivity contribution >= 4 is 37.5 Å². The number of alkyl halides is 3. The Balaban J connectivity index is 1.32. The number of rotatable bonds is 9. The summed E-state index contributed by atoms with van der Waals surface area (Å²) in [5, 5.41) is 11.1. The maximum Gasteiger partial charge on any atom is 0.501 e. The van der Waals surface area contributed by atoms with E-state index in [4.69, 9.17) is 14.6 Å². The van der Waals surface area contributed by atoms with Gasteiger partial charge in [0.15, 0.2) is 11.6 Å². The Labute approximate surface area is 265 Å². The van der Waals surface area contributed by atoms with Gasteiger partial charge < -0.3 is 20.1 Å². The zero-order chi connectivity index (χ0) is 33.6. The van der Waals surface area contributed by atoms with Crippen LogP contribution < -0.4 is 25.2 Å². The van der Waals surface area contributed by atoms with Crippen molar-refractivity contribution in [1.29, 1.82) is 0 Å². The van der Waals surface area contributed by atoms with Gasteiger partial charge in [-0.3, -0.25) is 18.9 Å². The predicted octanol–water partition coefficient (Wildman–Crippen LogP) is 4.12. The van der Waals surface area contributed by atoms with E-state index in [9.17, 15) is 35.4 Å². The van der Waals surface area contributed by atoms with Crippen LogP contribution in [0.1, 0.15) is 55.3 Å². The molecule has 3 aliphatic carbocycles. The molecule has 0 aromatic heterocycles. The zero-order valence-electron chi connectivity index (χ0n) is 25.2. The number of halogens is 4. The standard InChI is InChI=1S/C30H37F4N3O7S2/c1-43-24-15-23(31)25(44-19-8-10-20(11-9-19)45(2,35)40)14-22(24)28(38)37-27-17-7-6-16(12-17)26(27)29(39)36-18-4-3-5-21(13-18)46(41,42)30(32,33)34/h3-5,13-17,19-20,26-27,45H,6-12H2,1-2H3,(H2,35,40)(H,36,39)(H,37,38)/t16-,17+,19-,20-,26-,27+/m0/s1. The molecule has 0 heterocycles. The molecule has 0 aliphatic heterocycles. The summed E-state index contributed by atoms with van der Waals surface area (Å²) in [5.41, 5.74) is -5.65. The van der Waals surface area contributed by atoms with Crippen molar-refractivity contribution in [2.24, 2.45) is 22.9 Å². The number of fused-ring (bicyclic) bond motifs is 2. The monoisotopic (exact) mass is 691 g/mol. The lowest BCUT2D eigenvalue weighted by Crippen LogP contribution is -2.48. The number of thiol groups is 1. The van der Waals surface area contributed by atoms with Crippen LogP contribution in [0.15, 0.2) is 41.3 Å². The SMILES string of the molecule is COc1cc(F)c(O[C@H]2CC[C@H]([SH](C)(N)=O)CC2)cc1C(=O)N[C@@H]1[C@@H]2CC[C@@H](C2)[C@@H]1C(=O)Nc1cccc(S(=O)(=O)C(F)(F)F)c1. The van der Waals surface area contributed by atoms with Crippen LogP contribution in [0.2, 0.25) is 0 Å². The molecule has 3 aliphatic rings. The van der Waals surface area contributed by atoms with Crippen molar-refractivity contribution in [3.8, 4) is 11.5 Å². The number of hydrogen-bond acceptors (Lipinski definition) is 7. The molecule has 4 N–H and O–H groups in total. The van der Waals surface area contributed by atoms with E-state index in [1.807, 2.05) is 0 Å². The number of amides is 2. The van der Waals surface area contributed by atoms with Gasteiger partial charge in [-0.2, -0.15) is 13.2 Å². The molecule has 2 bridgehead atoms. The minimum atomic E-state index is -5.62. The zero-order valence-corrected chi connectivity index (χ0v) is 26.9. The van der Waals surface area contributed by atoms with E-state index in [1.165, 1.54) is 19.2 Å². The normalized spacial score (nSPS) is 26.8. The van der Waals surface area contributed by atoms with Crippen LogP contribution in [0, 0.1) is 23.6 Å². The minimum absolute atomic E-state index is 0.0143. The summed E-state index contributed by atoms with van der Waals surface area (Å²) in [7, 11) is -7.09. The third kappa shape index (κ3) is 6.88. The third-order valence-corrected chi connectivity index (χ3v) is 12.8. The maximum absolute atomic E-state index is 15.0. The van der Waals surface area contributed by atoms with Gasteiger partial charge in [0.2, 0.25) is 5.91 Å². The molecule has 10 nitrogen and oxygen atoms in total. The van der Waals surface area contributed by atoms with E-state index in [-0.39, 0.29) is 45.9 Å². The molecule has 0 saturated heterocycles. The van der Waals surface area contributed by atoms with Crippen LogP contribution in [0.5, 0.6) is 11.5 Å². The number of carbonyl (C=O) groups is 2. The molecular weight excluding hydrogens is 654 g/mol. The van der Waals surface area contributed by atoms with E-state index < -0.39 is 60.0 Å². The number of anilines is 1. The van der Waals surface area contributed by atoms with Crippen LogP contribution in [-0.4, -0.2) is 60.7 Å². The summed E-state index contributed by atoms with van der Waals surface area (Å²) >= 11 is 0. The Morgan fingerprint density at radius 2 is 1.67 bits per heavy atom. The van der Waals surface area contributed by atoms with Gasteiger partial charge in [-0.1, -0.05) is 16.2 Å². The Morgan fingerprint density at radius 3 is 2.30 bits per heavy atom. The molecule has 2 amide bonds. The summed E-state index contributed by atoms with van der Waals surface area (Å²) in [6, 6.07) is 5.56. The first-order valence-corrected chi connectivity index (χ1v) is 18.7. The van der Waals surface area contributed by atoms with Crippen molar-refractivity contribution < 1.29 is 49.3 Å². The van der Waals surface area contributed by atoms with Crippen molar-refractivity contribution in [2.45, 2.75) is 72.7 Å². The molecule has 3 saturated carbocycles. The Bertz CT molecular complexity index is 1660. The molecule has 4 atom stereocenters. The van der Waals surface area contributed by atoms with E-state index in [0.717, 1.165) is 30.7 Å². The summed E-state index contributed by atoms with van der Waals surface area (Å²) in [4.78, 5) is 26.1. The summed E-state index contributed by atoms with van der Waals surface area (Å²) in [6.07, 6.45) is 5.41. The Morgan fingerprint density at radius 1 is 1.00 bits per heavy atom. The molecule has 0 unspecified atom stereocenters. The van der Waals surface area contributed by atoms with Gasteiger partial charge in [-0.15, -0.1) is 0 Å². The van der Waals surface area contributed by atoms with Gasteiger partial charge >= 0.3 is 5.51 Å². The van der Waals surface area contributed by atoms with Crippen molar-refractivity contribution in [3.63, 3.8) is 0 Å². The topological polar surface area (TPSA) is 154 Å². The molecule has 16 heteroatoms. The molecule has 3 fully saturated rings. The molecular formula is C30H37F4N3O7S2. The quantitative estimate of drug-likeness (QED) is 0.228. The molecule has 254 valence electrons. The van der Waals surface area contributed by atoms with Gasteiger partial charge in [0.1, 0.15) is 5.75 Å². The first kappa shape index (κ1) is 34.1. The first-order chi connectivity index (χ1) is 21.5. The van der Waals surface area contributed by atoms with Gasteiger partial charge in [0, 0.05) is 29.3 Å². The van der Waals surface area contributed by atoms with Crippen molar-refractivity contribution in [3.05, 3.63) is 47.8 Å². The minimum Gasteiger partial charge on any atom is -0.496 e. The van der Waals surface area contributed by atoms with E-state index in [2.05, 4.69) is 10.6 Å². The lowest BCUT2D eigenvalue weighted by Gasteiger charge is -2.33. The fraction of sp³-hybridized carbons (Fsp3) is 0.533. The smallest absolute Gasteiger partial charge is 0.496 e. The summed E-state index contributed by atoms with van der Waals surface area (Å²) in [5.74, 6) is -3.06. The molecule has 46 heavy (non-hydrogen) atoms. The van der Waals surface area contributed by atoms with E-state index >= 15 is 4.39 Å². The highest BCUT2D eigenvalue weighted by molar-refractivity contribution is 8.00. The lowest BCUT2D eigenvalue weighted by molar-refractivity contribution is -0.122. The molecule has 0 spiro atoms. The highest BCUT2D eigenvalue weighted by atomic mass is 32.3. The number of methoxy groups -OCH3 is 1. The maximum atomic E-state index is 15.0. The van der Waals surface area contributed by atoms with Gasteiger partial charge in [-0.05, 0) is 81.0 Å². The van der Waals surface area contributed by atoms with Crippen LogP contribution in [-0.2, 0) is 24.8 Å². The molecule has 2 aromatic carbocycles. The number of benzene rings is 2. The van der Waals surface area contributed by atoms with Crippen molar-refractivity contribution in [1.82, 2.24) is 5.32 Å². The Hall–Kier alpha value is -3.24. The summed E-state index contributed by atoms with van der Waals surface area (Å²) in [6.45, 7) is 0. The second kappa shape index (κ2) is 12.8. The second-order valence-corrected chi connectivity index (χ2v) is 17.2. The number of ether oxygens (including phenoxy) is 2. The highest BCUT2D eigenvalue weighted by Crippen LogP contribution is 2.49. The van der Waals surface area contributed by atoms with Gasteiger partial charge in [-0.25, -0.2) is 12.8 Å². The van der Waals surface area contributed by atoms with Crippen LogP contribution in [0.25, 0.3) is 0 Å². The predicted molar refractivity (Wildman–Crippen MR) is 163 cm³/mol. The fourth-order valence-corrected chi connectivity index (χ4v) is 9.16. The Kier molecular flexibility index (Phi) is 9.45. The van der Waals surface area contributed by atoms with Crippen LogP contribution in [0.3, 0.4) is 0 Å². The first-order valence-electron chi connectivity index (χ1n) is 14.9. The van der Waals surface area contributed by atoms with E-state index in [1.54, 1.807) is 6.26 Å². The van der Waals surface area contributed by atoms with Crippen LogP contribution in [0.4, 0.5) is 23.2 Å². The average molecular weight is 692 g/mol. The third-order valence-electron chi connectivity index (χ3n) is 9.39. The molecule has 2 aromatic rings. The fourth-order valence-electron chi connectivity index (χ4n) is 7.03. The second-order valence-electron chi connectivity index (χ2n) is 12.4. The number of carbonyl (C=O) groups excluding carboxylic acids is 2. The molecule has 0 radical (unpaired) electrons. The number of hydrogen-bond donors (Lipinski definition) is 4. The number of nitrogens with two attached hydrogens (primary N) is 1. The van der Waals surface area contributed by atoms with Crippen LogP contribution >= 0.6 is 0 Å². The summed E-state index contributed by atoms with van der Waals surface area (Å²) < 4.78 is 101. The van der Waals surface area contributed by atoms with Gasteiger partial charge in [0.05, 0.1) is 29.6 Å². The lowest BCUT2D eigenvalue weighted by atomic mass is 9.83. The van der Waals surface area contributed by atoms with Crippen molar-refractivity contribution in [2.75, 3.05) is 18.7 Å². The average Bonchev–Trinajstić information content (AvgIpc) is 3.59. The van der Waals surface area contributed by atoms with Gasteiger partial charge in [0.25, 0.3) is 15.7 Å². The number of sulfone groups is 1. The largest absolute Gasteiger partial charge is 0.501 e.